The highest BCUT2D eigenvalue weighted by atomic mass is 28.3. The molecule has 0 saturated carbocycles. The van der Waals surface area contributed by atoms with Crippen LogP contribution in [0.1, 0.15) is 33.6 Å². The van der Waals surface area contributed by atoms with Crippen molar-refractivity contribution in [3.8, 4) is 0 Å². The first kappa shape index (κ1) is 25.2. The molecule has 3 aliphatic rings. The molecule has 3 aliphatic heterocycles. The van der Waals surface area contributed by atoms with E-state index in [2.05, 4.69) is 40.4 Å². The number of hydrogen-bond acceptors (Lipinski definition) is 5. The van der Waals surface area contributed by atoms with Crippen molar-refractivity contribution in [1.82, 2.24) is 9.80 Å². The SMILES string of the molecule is C=CCOC(=O)N1CC=C(C2=C(C(=O)O)N3C(=O)[C@@H]([C@@H](CO[SiH](C)C)C(C)(C)C)[C@H]3C2)CC1. The fraction of sp³-hybridized carbons (Fsp3) is 0.625. The summed E-state index contributed by atoms with van der Waals surface area (Å²) in [5, 5.41) is 9.96. The molecule has 9 heteroatoms. The minimum Gasteiger partial charge on any atom is -0.477 e. The monoisotopic (exact) mass is 476 g/mol. The van der Waals surface area contributed by atoms with Gasteiger partial charge in [0.25, 0.3) is 0 Å². The Bertz CT molecular complexity index is 888. The van der Waals surface area contributed by atoms with Gasteiger partial charge < -0.3 is 24.1 Å². The Hall–Kier alpha value is -2.39. The molecule has 182 valence electrons. The number of aliphatic carboxylic acids is 1. The molecule has 1 fully saturated rings. The molecule has 8 nitrogen and oxygen atoms in total. The van der Waals surface area contributed by atoms with Gasteiger partial charge in [-0.25, -0.2) is 9.59 Å². The van der Waals surface area contributed by atoms with Crippen LogP contribution in [0.25, 0.3) is 0 Å². The number of carboxylic acids is 1. The van der Waals surface area contributed by atoms with E-state index in [1.165, 1.54) is 11.0 Å². The van der Waals surface area contributed by atoms with Crippen LogP contribution in [-0.4, -0.2) is 74.3 Å². The van der Waals surface area contributed by atoms with E-state index in [-0.39, 0.29) is 41.5 Å². The van der Waals surface area contributed by atoms with Crippen molar-refractivity contribution in [3.63, 3.8) is 0 Å². The molecule has 0 bridgehead atoms. The third kappa shape index (κ3) is 5.09. The molecule has 1 saturated heterocycles. The summed E-state index contributed by atoms with van der Waals surface area (Å²) in [6.45, 7) is 15.6. The topological polar surface area (TPSA) is 96.4 Å². The standard InChI is InChI=1S/C24H36N2O6Si/c1-7-12-31-23(30)25-10-8-15(9-11-25)16-13-18-19(21(27)26(18)20(16)22(28)29)17(24(2,3)4)14-32-33(5)6/h7-8,17-19,33H,1,9-14H2,2-6H3,(H,28,29)/t17-,18-,19+/m1/s1. The molecule has 33 heavy (non-hydrogen) atoms. The lowest BCUT2D eigenvalue weighted by molar-refractivity contribution is -0.162. The highest BCUT2D eigenvalue weighted by Crippen LogP contribution is 2.51. The van der Waals surface area contributed by atoms with Crippen molar-refractivity contribution in [2.24, 2.45) is 17.3 Å². The first-order valence-electron chi connectivity index (χ1n) is 11.6. The molecule has 0 aromatic carbocycles. The van der Waals surface area contributed by atoms with Crippen LogP contribution in [0.2, 0.25) is 13.1 Å². The van der Waals surface area contributed by atoms with Crippen LogP contribution in [0.5, 0.6) is 0 Å². The largest absolute Gasteiger partial charge is 0.477 e. The van der Waals surface area contributed by atoms with Gasteiger partial charge in [0.1, 0.15) is 12.3 Å². The fourth-order valence-electron chi connectivity index (χ4n) is 4.99. The molecule has 3 heterocycles. The van der Waals surface area contributed by atoms with Crippen LogP contribution >= 0.6 is 0 Å². The van der Waals surface area contributed by atoms with Gasteiger partial charge in [0.05, 0.1) is 12.0 Å². The van der Waals surface area contributed by atoms with E-state index in [1.807, 2.05) is 6.08 Å². The van der Waals surface area contributed by atoms with Crippen LogP contribution in [0.3, 0.4) is 0 Å². The van der Waals surface area contributed by atoms with E-state index in [0.717, 1.165) is 5.57 Å². The van der Waals surface area contributed by atoms with Crippen LogP contribution in [0.15, 0.2) is 35.6 Å². The lowest BCUT2D eigenvalue weighted by Crippen LogP contribution is -2.63. The summed E-state index contributed by atoms with van der Waals surface area (Å²) >= 11 is 0. The van der Waals surface area contributed by atoms with Crippen molar-refractivity contribution >= 4 is 27.0 Å². The van der Waals surface area contributed by atoms with E-state index < -0.39 is 21.1 Å². The average Bonchev–Trinajstić information content (AvgIpc) is 3.10. The van der Waals surface area contributed by atoms with Crippen molar-refractivity contribution in [2.75, 3.05) is 26.3 Å². The summed E-state index contributed by atoms with van der Waals surface area (Å²) in [6.07, 6.45) is 4.04. The Morgan fingerprint density at radius 1 is 1.36 bits per heavy atom. The van der Waals surface area contributed by atoms with Crippen LogP contribution in [0.4, 0.5) is 4.79 Å². The summed E-state index contributed by atoms with van der Waals surface area (Å²) in [6, 6.07) is -0.156. The van der Waals surface area contributed by atoms with Gasteiger partial charge in [-0.15, -0.1) is 0 Å². The van der Waals surface area contributed by atoms with Gasteiger partial charge in [0, 0.05) is 19.7 Å². The number of amides is 2. The maximum Gasteiger partial charge on any atom is 0.410 e. The molecule has 1 N–H and O–H groups in total. The Morgan fingerprint density at radius 3 is 2.58 bits per heavy atom. The lowest BCUT2D eigenvalue weighted by atomic mass is 9.66. The van der Waals surface area contributed by atoms with E-state index in [4.69, 9.17) is 9.16 Å². The average molecular weight is 477 g/mol. The molecule has 0 radical (unpaired) electrons. The minimum absolute atomic E-state index is 0.0194. The maximum absolute atomic E-state index is 13.2. The maximum atomic E-state index is 13.2. The molecule has 2 amide bonds. The van der Waals surface area contributed by atoms with Gasteiger partial charge in [0.2, 0.25) is 5.91 Å². The zero-order chi connectivity index (χ0) is 24.5. The van der Waals surface area contributed by atoms with Crippen LogP contribution in [0, 0.1) is 17.3 Å². The van der Waals surface area contributed by atoms with Gasteiger partial charge in [-0.1, -0.05) is 39.5 Å². The molecule has 3 rings (SSSR count). The Morgan fingerprint density at radius 2 is 2.06 bits per heavy atom. The predicted molar refractivity (Wildman–Crippen MR) is 127 cm³/mol. The normalized spacial score (nSPS) is 23.8. The van der Waals surface area contributed by atoms with Crippen LogP contribution < -0.4 is 0 Å². The zero-order valence-electron chi connectivity index (χ0n) is 20.3. The first-order chi connectivity index (χ1) is 15.5. The van der Waals surface area contributed by atoms with E-state index in [0.29, 0.717) is 38.1 Å². The van der Waals surface area contributed by atoms with Gasteiger partial charge in [-0.2, -0.15) is 0 Å². The highest BCUT2D eigenvalue weighted by molar-refractivity contribution is 6.48. The fourth-order valence-corrected chi connectivity index (χ4v) is 5.58. The third-order valence-corrected chi connectivity index (χ3v) is 7.61. The van der Waals surface area contributed by atoms with Crippen molar-refractivity contribution in [3.05, 3.63) is 35.6 Å². The van der Waals surface area contributed by atoms with Gasteiger partial charge in [-0.05, 0) is 48.4 Å². The second-order valence-electron chi connectivity index (χ2n) is 10.3. The van der Waals surface area contributed by atoms with E-state index in [1.54, 1.807) is 4.90 Å². The molecule has 0 spiro atoms. The molecule has 0 aromatic rings. The summed E-state index contributed by atoms with van der Waals surface area (Å²) < 4.78 is 11.1. The van der Waals surface area contributed by atoms with Gasteiger partial charge in [0.15, 0.2) is 9.04 Å². The Labute approximate surface area is 197 Å². The first-order valence-corrected chi connectivity index (χ1v) is 14.4. The number of carboxylic acid groups (broad SMARTS) is 1. The van der Waals surface area contributed by atoms with Gasteiger partial charge >= 0.3 is 12.1 Å². The molecular formula is C24H36N2O6Si. The van der Waals surface area contributed by atoms with E-state index in [9.17, 15) is 19.5 Å². The number of rotatable bonds is 8. The second kappa shape index (κ2) is 9.85. The Kier molecular flexibility index (Phi) is 7.53. The number of carbonyl (C=O) groups is 3. The smallest absolute Gasteiger partial charge is 0.410 e. The second-order valence-corrected chi connectivity index (χ2v) is 12.7. The zero-order valence-corrected chi connectivity index (χ0v) is 21.5. The summed E-state index contributed by atoms with van der Waals surface area (Å²) in [4.78, 5) is 40.6. The number of fused-ring (bicyclic) bond motifs is 1. The number of nitrogens with zero attached hydrogens (tertiary/aromatic N) is 2. The highest BCUT2D eigenvalue weighted by Gasteiger charge is 2.59. The van der Waals surface area contributed by atoms with Crippen molar-refractivity contribution in [1.29, 1.82) is 0 Å². The summed E-state index contributed by atoms with van der Waals surface area (Å²) in [5.74, 6) is -1.43. The van der Waals surface area contributed by atoms with Crippen molar-refractivity contribution < 1.29 is 28.7 Å². The predicted octanol–water partition coefficient (Wildman–Crippen LogP) is 3.17. The molecule has 0 aromatic heterocycles. The van der Waals surface area contributed by atoms with Crippen molar-refractivity contribution in [2.45, 2.75) is 52.7 Å². The Balaban J connectivity index is 1.80. The molecule has 0 unspecified atom stereocenters. The number of hydrogen-bond donors (Lipinski definition) is 1. The lowest BCUT2D eigenvalue weighted by Gasteiger charge is -2.50. The quantitative estimate of drug-likeness (QED) is 0.328. The summed E-state index contributed by atoms with van der Waals surface area (Å²) in [7, 11) is -1.25. The third-order valence-electron chi connectivity index (χ3n) is 6.75. The van der Waals surface area contributed by atoms with E-state index >= 15 is 0 Å². The number of ether oxygens (including phenoxy) is 1. The minimum atomic E-state index is -1.25. The number of carbonyl (C=O) groups excluding carboxylic acids is 2. The molecule has 0 aliphatic carbocycles. The number of β-lactam (4-membered cyclic amide) rings is 1. The summed E-state index contributed by atoms with van der Waals surface area (Å²) in [5.41, 5.74) is 1.58. The molecule has 3 atom stereocenters. The molecular weight excluding hydrogens is 440 g/mol. The van der Waals surface area contributed by atoms with Gasteiger partial charge in [-0.3, -0.25) is 4.79 Å². The van der Waals surface area contributed by atoms with Crippen LogP contribution in [-0.2, 0) is 18.8 Å².